The minimum absolute atomic E-state index is 0.984. The lowest BCUT2D eigenvalue weighted by Crippen LogP contribution is -2.19. The zero-order valence-electron chi connectivity index (χ0n) is 11.9. The van der Waals surface area contributed by atoms with E-state index < -0.39 is 0 Å². The van der Waals surface area contributed by atoms with Crippen molar-refractivity contribution in [1.29, 1.82) is 0 Å². The molecule has 0 radical (unpaired) electrons. The molecule has 1 aromatic heterocycles. The van der Waals surface area contributed by atoms with Crippen molar-refractivity contribution in [3.8, 4) is 0 Å². The Balaban J connectivity index is 1.73. The lowest BCUT2D eigenvalue weighted by atomic mass is 10.0. The summed E-state index contributed by atoms with van der Waals surface area (Å²) in [5, 5.41) is 5.63. The molecule has 0 bridgehead atoms. The van der Waals surface area contributed by atoms with Gasteiger partial charge in [-0.15, -0.1) is 0 Å². The van der Waals surface area contributed by atoms with E-state index in [0.717, 1.165) is 29.0 Å². The number of nitrogens with zero attached hydrogens (tertiary/aromatic N) is 1. The Morgan fingerprint density at radius 1 is 1.29 bits per heavy atom. The minimum Gasteiger partial charge on any atom is -0.331 e. The second kappa shape index (κ2) is 5.01. The molecule has 1 aromatic carbocycles. The number of benzene rings is 1. The van der Waals surface area contributed by atoms with Crippen LogP contribution in [0.1, 0.15) is 18.9 Å². The van der Waals surface area contributed by atoms with Crippen LogP contribution in [0.5, 0.6) is 0 Å². The van der Waals surface area contributed by atoms with E-state index in [0.29, 0.717) is 0 Å². The van der Waals surface area contributed by atoms with Gasteiger partial charge in [-0.3, -0.25) is 0 Å². The highest BCUT2D eigenvalue weighted by atomic mass is 32.1. The fraction of sp³-hybridized carbons (Fsp3) is 0.167. The maximum atomic E-state index is 4.81. The molecular formula is C18H16N2S. The lowest BCUT2D eigenvalue weighted by molar-refractivity contribution is 1.14. The van der Waals surface area contributed by atoms with Gasteiger partial charge in [-0.05, 0) is 41.7 Å². The van der Waals surface area contributed by atoms with E-state index in [-0.39, 0.29) is 0 Å². The summed E-state index contributed by atoms with van der Waals surface area (Å²) in [6.45, 7) is 2.18. The van der Waals surface area contributed by atoms with Gasteiger partial charge in [0.25, 0.3) is 0 Å². The number of rotatable bonds is 3. The monoisotopic (exact) mass is 292 g/mol. The van der Waals surface area contributed by atoms with Gasteiger partial charge in [0.1, 0.15) is 0 Å². The van der Waals surface area contributed by atoms with Crippen molar-refractivity contribution in [2.75, 3.05) is 5.32 Å². The number of fused-ring (bicyclic) bond motifs is 2. The van der Waals surface area contributed by atoms with Crippen LogP contribution in [0.25, 0.3) is 11.6 Å². The minimum atomic E-state index is 0.984. The predicted octanol–water partition coefficient (Wildman–Crippen LogP) is 3.28. The highest BCUT2D eigenvalue weighted by molar-refractivity contribution is 7.13. The molecule has 0 saturated heterocycles. The van der Waals surface area contributed by atoms with Gasteiger partial charge < -0.3 is 5.32 Å². The summed E-state index contributed by atoms with van der Waals surface area (Å²) in [6, 6.07) is 8.44. The van der Waals surface area contributed by atoms with E-state index in [2.05, 4.69) is 60.8 Å². The first-order valence-corrected chi connectivity index (χ1v) is 8.10. The third kappa shape index (κ3) is 2.14. The molecule has 2 aliphatic rings. The van der Waals surface area contributed by atoms with Crippen molar-refractivity contribution in [3.05, 3.63) is 63.5 Å². The Hall–Kier alpha value is -2.13. The molecule has 1 N–H and O–H groups in total. The second-order valence-electron chi connectivity index (χ2n) is 5.24. The summed E-state index contributed by atoms with van der Waals surface area (Å²) in [4.78, 5) is 4.81. The third-order valence-electron chi connectivity index (χ3n) is 3.95. The van der Waals surface area contributed by atoms with Crippen LogP contribution in [0.3, 0.4) is 0 Å². The van der Waals surface area contributed by atoms with Crippen molar-refractivity contribution in [1.82, 2.24) is 4.98 Å². The summed E-state index contributed by atoms with van der Waals surface area (Å²) >= 11 is 1.73. The van der Waals surface area contributed by atoms with Crippen molar-refractivity contribution in [2.45, 2.75) is 19.8 Å². The van der Waals surface area contributed by atoms with Gasteiger partial charge >= 0.3 is 0 Å². The number of para-hydroxylation sites is 1. The van der Waals surface area contributed by atoms with Gasteiger partial charge in [-0.25, -0.2) is 4.98 Å². The normalized spacial score (nSPS) is 15.3. The fourth-order valence-corrected chi connectivity index (χ4v) is 3.81. The van der Waals surface area contributed by atoms with Crippen molar-refractivity contribution < 1.29 is 0 Å². The van der Waals surface area contributed by atoms with Crippen LogP contribution in [0.2, 0.25) is 0 Å². The van der Waals surface area contributed by atoms with Gasteiger partial charge in [0.05, 0.1) is 9.88 Å². The number of anilines is 2. The molecule has 0 amide bonds. The highest BCUT2D eigenvalue weighted by Crippen LogP contribution is 2.25. The van der Waals surface area contributed by atoms with Gasteiger partial charge in [-0.2, -0.15) is 0 Å². The zero-order chi connectivity index (χ0) is 14.2. The van der Waals surface area contributed by atoms with E-state index in [4.69, 9.17) is 4.98 Å². The first kappa shape index (κ1) is 12.6. The molecule has 2 aliphatic carbocycles. The molecule has 3 heteroatoms. The standard InChI is InChI=1S/C18H16N2S/c1-2-12-7-4-6-10-15(12)19-18-20-17-14-9-5-3-8-13(14)11-16(17)21-18/h3-8,10-11H,2,9H2,1H3,(H,19,20). The van der Waals surface area contributed by atoms with E-state index in [1.54, 1.807) is 11.3 Å². The van der Waals surface area contributed by atoms with Gasteiger partial charge in [-0.1, -0.05) is 54.7 Å². The molecule has 2 aromatic rings. The smallest absolute Gasteiger partial charge is 0.188 e. The summed E-state index contributed by atoms with van der Waals surface area (Å²) < 4.78 is 1.27. The molecule has 1 heterocycles. The average molecular weight is 292 g/mol. The summed E-state index contributed by atoms with van der Waals surface area (Å²) in [5.74, 6) is 0. The zero-order valence-corrected chi connectivity index (χ0v) is 12.7. The van der Waals surface area contributed by atoms with E-state index in [1.807, 2.05) is 0 Å². The Labute approximate surface area is 127 Å². The molecule has 0 spiro atoms. The molecule has 4 rings (SSSR count). The van der Waals surface area contributed by atoms with Gasteiger partial charge in [0.2, 0.25) is 0 Å². The van der Waals surface area contributed by atoms with E-state index in [9.17, 15) is 0 Å². The number of aryl methyl sites for hydroxylation is 1. The number of hydrogen-bond acceptors (Lipinski definition) is 3. The number of hydrogen-bond donors (Lipinski definition) is 1. The van der Waals surface area contributed by atoms with E-state index in [1.165, 1.54) is 21.2 Å². The molecule has 2 nitrogen and oxygen atoms in total. The molecule has 0 fully saturated rings. The van der Waals surface area contributed by atoms with Crippen LogP contribution < -0.4 is 15.2 Å². The third-order valence-corrected chi connectivity index (χ3v) is 4.87. The SMILES string of the molecule is CCc1ccccc1Nc1nc2c(s1)=CC1=CC=CCC=21. The van der Waals surface area contributed by atoms with Crippen molar-refractivity contribution >= 4 is 33.8 Å². The van der Waals surface area contributed by atoms with Crippen LogP contribution in [0.4, 0.5) is 10.8 Å². The number of nitrogens with one attached hydrogen (secondary N) is 1. The first-order valence-electron chi connectivity index (χ1n) is 7.29. The van der Waals surface area contributed by atoms with Crippen LogP contribution in [0.15, 0.2) is 48.1 Å². The topological polar surface area (TPSA) is 24.9 Å². The largest absolute Gasteiger partial charge is 0.331 e. The maximum absolute atomic E-state index is 4.81. The Morgan fingerprint density at radius 3 is 3.10 bits per heavy atom. The first-order chi connectivity index (χ1) is 10.3. The molecule has 0 aliphatic heterocycles. The summed E-state index contributed by atoms with van der Waals surface area (Å²) in [5.41, 5.74) is 5.18. The maximum Gasteiger partial charge on any atom is 0.188 e. The Morgan fingerprint density at radius 2 is 2.19 bits per heavy atom. The predicted molar refractivity (Wildman–Crippen MR) is 90.2 cm³/mol. The summed E-state index contributed by atoms with van der Waals surface area (Å²) in [6.07, 6.45) is 10.8. The molecule has 104 valence electrons. The number of aromatic nitrogens is 1. The quantitative estimate of drug-likeness (QED) is 0.939. The average Bonchev–Trinajstić information content (AvgIpc) is 3.05. The molecule has 0 atom stereocenters. The second-order valence-corrected chi connectivity index (χ2v) is 6.28. The Bertz CT molecular complexity index is 884. The highest BCUT2D eigenvalue weighted by Gasteiger charge is 2.16. The van der Waals surface area contributed by atoms with E-state index >= 15 is 0 Å². The molecular weight excluding hydrogens is 276 g/mol. The summed E-state index contributed by atoms with van der Waals surface area (Å²) in [7, 11) is 0. The van der Waals surface area contributed by atoms with Gasteiger partial charge in [0, 0.05) is 5.69 Å². The number of allylic oxidation sites excluding steroid dienone is 4. The van der Waals surface area contributed by atoms with Crippen LogP contribution in [0, 0.1) is 0 Å². The fourth-order valence-electron chi connectivity index (χ4n) is 2.85. The molecule has 21 heavy (non-hydrogen) atoms. The molecule has 0 saturated carbocycles. The molecule has 0 unspecified atom stereocenters. The van der Waals surface area contributed by atoms with Crippen LogP contribution >= 0.6 is 11.3 Å². The number of thiazole rings is 1. The van der Waals surface area contributed by atoms with Crippen LogP contribution in [-0.2, 0) is 6.42 Å². The van der Waals surface area contributed by atoms with Crippen LogP contribution in [-0.4, -0.2) is 4.98 Å². The Kier molecular flexibility index (Phi) is 3.00. The lowest BCUT2D eigenvalue weighted by Gasteiger charge is -2.08. The van der Waals surface area contributed by atoms with Crippen molar-refractivity contribution in [2.24, 2.45) is 0 Å². The van der Waals surface area contributed by atoms with Gasteiger partial charge in [0.15, 0.2) is 5.13 Å². The van der Waals surface area contributed by atoms with Crippen molar-refractivity contribution in [3.63, 3.8) is 0 Å².